The minimum Gasteiger partial charge on any atom is -0.379 e. The molecule has 2 saturated heterocycles. The summed E-state index contributed by atoms with van der Waals surface area (Å²) >= 11 is 0. The van der Waals surface area contributed by atoms with Crippen LogP contribution in [0.15, 0.2) is 84.9 Å². The average molecular weight is 547 g/mol. The minimum absolute atomic E-state index is 0.338. The molecule has 2 unspecified atom stereocenters. The van der Waals surface area contributed by atoms with Crippen molar-refractivity contribution in [3.63, 3.8) is 0 Å². The zero-order valence-electron chi connectivity index (χ0n) is 23.6. The van der Waals surface area contributed by atoms with Crippen LogP contribution in [0.4, 0.5) is 0 Å². The topological polar surface area (TPSA) is 43.5 Å². The first-order valence-corrected chi connectivity index (χ1v) is 15.1. The summed E-state index contributed by atoms with van der Waals surface area (Å²) in [6, 6.07) is 31.9. The van der Waals surface area contributed by atoms with E-state index in [-0.39, 0.29) is 0 Å². The summed E-state index contributed by atoms with van der Waals surface area (Å²) in [5.41, 5.74) is 13.5. The van der Waals surface area contributed by atoms with E-state index >= 15 is 0 Å². The zero-order chi connectivity index (χ0) is 27.4. The van der Waals surface area contributed by atoms with Crippen molar-refractivity contribution in [1.29, 1.82) is 0 Å². The monoisotopic (exact) mass is 546 g/mol. The normalized spacial score (nSPS) is 18.2. The Labute approximate surface area is 243 Å². The van der Waals surface area contributed by atoms with E-state index < -0.39 is 0 Å². The van der Waals surface area contributed by atoms with Gasteiger partial charge in [0.15, 0.2) is 0 Å². The molecule has 41 heavy (non-hydrogen) atoms. The maximum absolute atomic E-state index is 5.73. The highest BCUT2D eigenvalue weighted by Gasteiger charge is 2.25. The number of benzene rings is 4. The molecule has 4 aromatic rings. The molecule has 4 aromatic carbocycles. The molecule has 2 fully saturated rings. The molecule has 0 saturated carbocycles. The molecule has 0 bridgehead atoms. The molecule has 4 heteroatoms. The second kappa shape index (κ2) is 12.3. The number of aryl methyl sites for hydroxylation is 2. The van der Waals surface area contributed by atoms with Crippen LogP contribution < -0.4 is 0 Å². The Morgan fingerprint density at radius 3 is 1.76 bits per heavy atom. The standard InChI is InChI=1S/C37H38O4/c1-2-8-33-30(7-1)21-36-35(33)18-17-34(28-13-9-26(10-14-28)5-3-19-38-22-31-24-40-31)37(36)29-15-11-27(12-16-29)6-4-20-39-23-32-25-41-32/h1-2,7-18,31-32H,3-6,19-25H2. The van der Waals surface area contributed by atoms with Crippen molar-refractivity contribution in [2.45, 2.75) is 44.3 Å². The van der Waals surface area contributed by atoms with Gasteiger partial charge in [0, 0.05) is 13.2 Å². The molecule has 0 spiro atoms. The molecular weight excluding hydrogens is 508 g/mol. The van der Waals surface area contributed by atoms with Crippen molar-refractivity contribution in [2.24, 2.45) is 0 Å². The van der Waals surface area contributed by atoms with Gasteiger partial charge in [-0.15, -0.1) is 0 Å². The van der Waals surface area contributed by atoms with Crippen LogP contribution in [0.1, 0.15) is 35.1 Å². The van der Waals surface area contributed by atoms with Gasteiger partial charge in [-0.05, 0) is 87.7 Å². The van der Waals surface area contributed by atoms with Gasteiger partial charge in [-0.2, -0.15) is 0 Å². The lowest BCUT2D eigenvalue weighted by Gasteiger charge is -2.17. The van der Waals surface area contributed by atoms with Crippen LogP contribution in [-0.2, 0) is 38.2 Å². The lowest BCUT2D eigenvalue weighted by molar-refractivity contribution is 0.114. The Morgan fingerprint density at radius 2 is 1.15 bits per heavy atom. The highest BCUT2D eigenvalue weighted by Crippen LogP contribution is 2.46. The van der Waals surface area contributed by atoms with Crippen LogP contribution in [0.2, 0.25) is 0 Å². The van der Waals surface area contributed by atoms with Crippen molar-refractivity contribution >= 4 is 0 Å². The summed E-state index contributed by atoms with van der Waals surface area (Å²) in [6.07, 6.45) is 5.76. The fraction of sp³-hybridized carbons (Fsp3) is 0.351. The quantitative estimate of drug-likeness (QED) is 0.108. The van der Waals surface area contributed by atoms with Gasteiger partial charge in [-0.25, -0.2) is 0 Å². The molecule has 3 aliphatic rings. The first kappa shape index (κ1) is 26.6. The highest BCUT2D eigenvalue weighted by atomic mass is 16.6. The van der Waals surface area contributed by atoms with Gasteiger partial charge in [0.05, 0.1) is 26.4 Å². The molecule has 2 aliphatic heterocycles. The zero-order valence-corrected chi connectivity index (χ0v) is 23.6. The van der Waals surface area contributed by atoms with Crippen LogP contribution in [0.25, 0.3) is 33.4 Å². The van der Waals surface area contributed by atoms with Crippen molar-refractivity contribution < 1.29 is 18.9 Å². The summed E-state index contributed by atoms with van der Waals surface area (Å²) in [5.74, 6) is 0. The summed E-state index contributed by atoms with van der Waals surface area (Å²) in [7, 11) is 0. The maximum Gasteiger partial charge on any atom is 0.104 e. The fourth-order valence-electron chi connectivity index (χ4n) is 5.99. The smallest absolute Gasteiger partial charge is 0.104 e. The van der Waals surface area contributed by atoms with Crippen molar-refractivity contribution in [2.75, 3.05) is 39.6 Å². The van der Waals surface area contributed by atoms with E-state index in [1.165, 1.54) is 55.6 Å². The van der Waals surface area contributed by atoms with Gasteiger partial charge in [-0.3, -0.25) is 0 Å². The number of hydrogen-bond donors (Lipinski definition) is 0. The molecule has 0 radical (unpaired) electrons. The third-order valence-electron chi connectivity index (χ3n) is 8.42. The van der Waals surface area contributed by atoms with Crippen LogP contribution in [0.5, 0.6) is 0 Å². The third kappa shape index (κ3) is 6.47. The number of hydrogen-bond acceptors (Lipinski definition) is 4. The molecule has 210 valence electrons. The second-order valence-corrected chi connectivity index (χ2v) is 11.5. The average Bonchev–Trinajstić information content (AvgIpc) is 3.95. The Kier molecular flexibility index (Phi) is 7.98. The Balaban J connectivity index is 1.10. The number of rotatable bonds is 14. The lowest BCUT2D eigenvalue weighted by Crippen LogP contribution is -2.03. The Morgan fingerprint density at radius 1 is 0.585 bits per heavy atom. The van der Waals surface area contributed by atoms with E-state index in [0.29, 0.717) is 12.2 Å². The lowest BCUT2D eigenvalue weighted by atomic mass is 9.87. The molecular formula is C37H38O4. The van der Waals surface area contributed by atoms with Gasteiger partial charge >= 0.3 is 0 Å². The van der Waals surface area contributed by atoms with E-state index in [0.717, 1.165) is 71.7 Å². The SMILES string of the molecule is c1ccc2c(c1)Cc1c-2ccc(-c2ccc(CCCOCC3CO3)cc2)c1-c1ccc(CCCOCC2CO2)cc1. The summed E-state index contributed by atoms with van der Waals surface area (Å²) in [4.78, 5) is 0. The molecule has 2 atom stereocenters. The third-order valence-corrected chi connectivity index (χ3v) is 8.42. The molecule has 0 aromatic heterocycles. The molecule has 7 rings (SSSR count). The maximum atomic E-state index is 5.73. The van der Waals surface area contributed by atoms with Crippen LogP contribution in [0, 0.1) is 0 Å². The predicted molar refractivity (Wildman–Crippen MR) is 163 cm³/mol. The largest absolute Gasteiger partial charge is 0.379 e. The van der Waals surface area contributed by atoms with Crippen LogP contribution >= 0.6 is 0 Å². The van der Waals surface area contributed by atoms with Crippen LogP contribution in [-0.4, -0.2) is 51.8 Å². The van der Waals surface area contributed by atoms with Gasteiger partial charge in [0.25, 0.3) is 0 Å². The van der Waals surface area contributed by atoms with Gasteiger partial charge in [-0.1, -0.05) is 84.9 Å². The van der Waals surface area contributed by atoms with E-state index in [1.54, 1.807) is 0 Å². The van der Waals surface area contributed by atoms with Gasteiger partial charge < -0.3 is 18.9 Å². The summed E-state index contributed by atoms with van der Waals surface area (Å²) in [6.45, 7) is 4.75. The van der Waals surface area contributed by atoms with Gasteiger partial charge in [0.2, 0.25) is 0 Å². The minimum atomic E-state index is 0.338. The fourth-order valence-corrected chi connectivity index (χ4v) is 5.99. The Bertz CT molecular complexity index is 1470. The molecule has 2 heterocycles. The Hall–Kier alpha value is -3.28. The van der Waals surface area contributed by atoms with Crippen molar-refractivity contribution in [1.82, 2.24) is 0 Å². The number of epoxide rings is 2. The predicted octanol–water partition coefficient (Wildman–Crippen LogP) is 7.29. The molecule has 0 N–H and O–H groups in total. The molecule has 1 aliphatic carbocycles. The number of fused-ring (bicyclic) bond motifs is 3. The summed E-state index contributed by atoms with van der Waals surface area (Å²) in [5, 5.41) is 0. The first-order valence-electron chi connectivity index (χ1n) is 15.1. The summed E-state index contributed by atoms with van der Waals surface area (Å²) < 4.78 is 21.9. The molecule has 4 nitrogen and oxygen atoms in total. The van der Waals surface area contributed by atoms with E-state index in [2.05, 4.69) is 84.9 Å². The van der Waals surface area contributed by atoms with Crippen LogP contribution in [0.3, 0.4) is 0 Å². The van der Waals surface area contributed by atoms with Gasteiger partial charge in [0.1, 0.15) is 12.2 Å². The van der Waals surface area contributed by atoms with E-state index in [1.807, 2.05) is 0 Å². The second-order valence-electron chi connectivity index (χ2n) is 11.5. The van der Waals surface area contributed by atoms with E-state index in [9.17, 15) is 0 Å². The van der Waals surface area contributed by atoms with E-state index in [4.69, 9.17) is 18.9 Å². The number of ether oxygens (including phenoxy) is 4. The first-order chi connectivity index (χ1) is 20.3. The highest BCUT2D eigenvalue weighted by molar-refractivity contribution is 5.93. The van der Waals surface area contributed by atoms with Crippen molar-refractivity contribution in [3.05, 3.63) is 107 Å². The van der Waals surface area contributed by atoms with Crippen molar-refractivity contribution in [3.8, 4) is 33.4 Å². The molecule has 0 amide bonds.